The number of benzene rings is 1. The quantitative estimate of drug-likeness (QED) is 0.699. The van der Waals surface area contributed by atoms with Gasteiger partial charge in [0.1, 0.15) is 11.6 Å². The number of nitrogens with zero attached hydrogens (tertiary/aromatic N) is 3. The molecule has 0 saturated heterocycles. The van der Waals surface area contributed by atoms with E-state index in [9.17, 15) is 23.1 Å². The zero-order chi connectivity index (χ0) is 20.1. The number of carbonyl (C=O) groups excluding carboxylic acids is 1. The molecule has 27 heavy (non-hydrogen) atoms. The molecule has 0 radical (unpaired) electrons. The molecular weight excluding hydrogens is 363 g/mol. The van der Waals surface area contributed by atoms with E-state index in [0.717, 1.165) is 6.07 Å². The second kappa shape index (κ2) is 6.26. The number of carbonyl (C=O) groups is 1. The fraction of sp³-hybridized carbons (Fsp3) is 0.278. The van der Waals surface area contributed by atoms with Crippen LogP contribution in [0.25, 0.3) is 22.6 Å². The van der Waals surface area contributed by atoms with E-state index in [0.29, 0.717) is 11.6 Å². The Hall–Kier alpha value is -3.10. The van der Waals surface area contributed by atoms with Gasteiger partial charge in [0, 0.05) is 7.05 Å². The van der Waals surface area contributed by atoms with Crippen LogP contribution < -0.4 is 4.74 Å². The minimum Gasteiger partial charge on any atom is -0.507 e. The number of imidazole rings is 1. The Morgan fingerprint density at radius 1 is 1.22 bits per heavy atom. The molecule has 3 rings (SSSR count). The SMILES string of the molecule is COc1nc2nc(-c3c(C)cc(C(F)(F)F)cc3O)n(C)c2cc1C(C)=O. The molecule has 142 valence electrons. The third kappa shape index (κ3) is 3.09. The number of aromatic hydroxyl groups is 1. The molecule has 2 heterocycles. The van der Waals surface area contributed by atoms with Crippen LogP contribution in [0.5, 0.6) is 11.6 Å². The summed E-state index contributed by atoms with van der Waals surface area (Å²) >= 11 is 0. The summed E-state index contributed by atoms with van der Waals surface area (Å²) in [6.07, 6.45) is -4.57. The van der Waals surface area contributed by atoms with Crippen LogP contribution in [0.2, 0.25) is 0 Å². The van der Waals surface area contributed by atoms with E-state index in [-0.39, 0.29) is 39.8 Å². The summed E-state index contributed by atoms with van der Waals surface area (Å²) < 4.78 is 45.5. The van der Waals surface area contributed by atoms with Crippen LogP contribution in [0.15, 0.2) is 18.2 Å². The maximum atomic E-state index is 12.9. The van der Waals surface area contributed by atoms with E-state index >= 15 is 0 Å². The molecule has 0 saturated carbocycles. The maximum Gasteiger partial charge on any atom is 0.416 e. The summed E-state index contributed by atoms with van der Waals surface area (Å²) in [7, 11) is 3.00. The Balaban J connectivity index is 2.27. The number of halogens is 3. The average molecular weight is 379 g/mol. The summed E-state index contributed by atoms with van der Waals surface area (Å²) in [5.41, 5.74) is 0.403. The van der Waals surface area contributed by atoms with Crippen LogP contribution in [-0.4, -0.2) is 32.5 Å². The number of ether oxygens (including phenoxy) is 1. The van der Waals surface area contributed by atoms with Gasteiger partial charge < -0.3 is 14.4 Å². The van der Waals surface area contributed by atoms with E-state index in [1.165, 1.54) is 21.0 Å². The predicted molar refractivity (Wildman–Crippen MR) is 91.9 cm³/mol. The van der Waals surface area contributed by atoms with Gasteiger partial charge in [-0.2, -0.15) is 18.2 Å². The number of phenolic OH excluding ortho intramolecular Hbond substituents is 1. The van der Waals surface area contributed by atoms with Gasteiger partial charge in [-0.3, -0.25) is 4.79 Å². The number of methoxy groups -OCH3 is 1. The number of hydrogen-bond acceptors (Lipinski definition) is 5. The summed E-state index contributed by atoms with van der Waals surface area (Å²) in [5, 5.41) is 10.2. The first-order valence-corrected chi connectivity index (χ1v) is 7.88. The van der Waals surface area contributed by atoms with Crippen molar-refractivity contribution in [2.45, 2.75) is 20.0 Å². The van der Waals surface area contributed by atoms with Crippen molar-refractivity contribution in [1.82, 2.24) is 14.5 Å². The van der Waals surface area contributed by atoms with Crippen LogP contribution in [0, 0.1) is 6.92 Å². The normalized spacial score (nSPS) is 11.8. The number of Topliss-reactive ketones (excluding diaryl/α,β-unsaturated/α-hetero) is 1. The van der Waals surface area contributed by atoms with Gasteiger partial charge in [-0.15, -0.1) is 0 Å². The molecule has 6 nitrogen and oxygen atoms in total. The van der Waals surface area contributed by atoms with Crippen LogP contribution in [-0.2, 0) is 13.2 Å². The van der Waals surface area contributed by atoms with Crippen molar-refractivity contribution >= 4 is 16.9 Å². The second-order valence-corrected chi connectivity index (χ2v) is 6.12. The summed E-state index contributed by atoms with van der Waals surface area (Å²) in [6, 6.07) is 3.16. The molecule has 0 amide bonds. The topological polar surface area (TPSA) is 77.2 Å². The molecule has 0 spiro atoms. The first-order chi connectivity index (χ1) is 12.5. The van der Waals surface area contributed by atoms with Gasteiger partial charge in [0.15, 0.2) is 11.4 Å². The number of aryl methyl sites for hydroxylation is 2. The first-order valence-electron chi connectivity index (χ1n) is 7.88. The van der Waals surface area contributed by atoms with E-state index in [1.54, 1.807) is 17.7 Å². The lowest BCUT2D eigenvalue weighted by atomic mass is 10.0. The lowest BCUT2D eigenvalue weighted by Gasteiger charge is -2.13. The molecule has 0 bridgehead atoms. The molecule has 0 atom stereocenters. The molecule has 3 aromatic rings. The number of ketones is 1. The monoisotopic (exact) mass is 379 g/mol. The predicted octanol–water partition coefficient (Wildman–Crippen LogP) is 3.88. The number of pyridine rings is 1. The van der Waals surface area contributed by atoms with Crippen LogP contribution in [0.3, 0.4) is 0 Å². The zero-order valence-electron chi connectivity index (χ0n) is 15.0. The lowest BCUT2D eigenvalue weighted by Crippen LogP contribution is -2.06. The number of fused-ring (bicyclic) bond motifs is 1. The van der Waals surface area contributed by atoms with Crippen molar-refractivity contribution in [3.63, 3.8) is 0 Å². The van der Waals surface area contributed by atoms with Crippen LogP contribution >= 0.6 is 0 Å². The summed E-state index contributed by atoms with van der Waals surface area (Å²) in [4.78, 5) is 20.3. The van der Waals surface area contributed by atoms with Gasteiger partial charge in [0.25, 0.3) is 0 Å². The van der Waals surface area contributed by atoms with Gasteiger partial charge in [-0.05, 0) is 37.6 Å². The van der Waals surface area contributed by atoms with Crippen molar-refractivity contribution in [1.29, 1.82) is 0 Å². The van der Waals surface area contributed by atoms with E-state index in [1.807, 2.05) is 0 Å². The molecule has 9 heteroatoms. The Bertz CT molecular complexity index is 1050. The molecular formula is C18H16F3N3O3. The molecule has 0 aliphatic heterocycles. The van der Waals surface area contributed by atoms with Crippen LogP contribution in [0.4, 0.5) is 13.2 Å². The van der Waals surface area contributed by atoms with Crippen molar-refractivity contribution in [2.75, 3.05) is 7.11 Å². The van der Waals surface area contributed by atoms with Gasteiger partial charge in [-0.1, -0.05) is 0 Å². The van der Waals surface area contributed by atoms with Gasteiger partial charge in [0.05, 0.1) is 29.3 Å². The zero-order valence-corrected chi connectivity index (χ0v) is 15.0. The molecule has 0 fully saturated rings. The smallest absolute Gasteiger partial charge is 0.416 e. The minimum absolute atomic E-state index is 0.105. The number of aromatic nitrogens is 3. The average Bonchev–Trinajstić information content (AvgIpc) is 2.88. The van der Waals surface area contributed by atoms with Crippen molar-refractivity contribution in [3.05, 3.63) is 34.9 Å². The number of phenols is 1. The minimum atomic E-state index is -4.57. The number of hydrogen-bond donors (Lipinski definition) is 1. The summed E-state index contributed by atoms with van der Waals surface area (Å²) in [6.45, 7) is 2.83. The first kappa shape index (κ1) is 18.7. The third-order valence-electron chi connectivity index (χ3n) is 4.28. The van der Waals surface area contributed by atoms with E-state index in [2.05, 4.69) is 9.97 Å². The second-order valence-electron chi connectivity index (χ2n) is 6.12. The molecule has 2 aromatic heterocycles. The molecule has 1 aromatic carbocycles. The van der Waals surface area contributed by atoms with Gasteiger partial charge in [-0.25, -0.2) is 4.98 Å². The van der Waals surface area contributed by atoms with E-state index in [4.69, 9.17) is 4.74 Å². The fourth-order valence-corrected chi connectivity index (χ4v) is 2.95. The number of rotatable bonds is 3. The highest BCUT2D eigenvalue weighted by Crippen LogP contribution is 2.39. The molecule has 0 aliphatic rings. The summed E-state index contributed by atoms with van der Waals surface area (Å²) in [5.74, 6) is -0.464. The maximum absolute atomic E-state index is 12.9. The molecule has 0 unspecified atom stereocenters. The Morgan fingerprint density at radius 3 is 2.41 bits per heavy atom. The van der Waals surface area contributed by atoms with Gasteiger partial charge >= 0.3 is 6.18 Å². The highest BCUT2D eigenvalue weighted by Gasteiger charge is 2.32. The van der Waals surface area contributed by atoms with Crippen molar-refractivity contribution in [2.24, 2.45) is 7.05 Å². The van der Waals surface area contributed by atoms with Gasteiger partial charge in [0.2, 0.25) is 5.88 Å². The van der Waals surface area contributed by atoms with Crippen molar-refractivity contribution < 1.29 is 27.8 Å². The highest BCUT2D eigenvalue weighted by molar-refractivity contribution is 5.99. The fourth-order valence-electron chi connectivity index (χ4n) is 2.95. The molecule has 0 aliphatic carbocycles. The highest BCUT2D eigenvalue weighted by atomic mass is 19.4. The lowest BCUT2D eigenvalue weighted by molar-refractivity contribution is -0.137. The molecule has 1 N–H and O–H groups in total. The van der Waals surface area contributed by atoms with Crippen molar-refractivity contribution in [3.8, 4) is 23.0 Å². The Kier molecular flexibility index (Phi) is 4.33. The standard InChI is InChI=1S/C18H16F3N3O3/c1-8-5-10(18(19,20)21)6-13(26)14(8)16-22-15-12(24(16)3)7-11(9(2)25)17(23-15)27-4/h5-7,26H,1-4H3. The number of alkyl halides is 3. The Labute approximate surface area is 152 Å². The largest absolute Gasteiger partial charge is 0.507 e. The Morgan fingerprint density at radius 2 is 1.89 bits per heavy atom. The van der Waals surface area contributed by atoms with E-state index < -0.39 is 17.5 Å². The van der Waals surface area contributed by atoms with Crippen LogP contribution in [0.1, 0.15) is 28.4 Å². The third-order valence-corrected chi connectivity index (χ3v) is 4.28.